The third-order valence-corrected chi connectivity index (χ3v) is 3.06. The highest BCUT2D eigenvalue weighted by atomic mass is 16.5. The SMILES string of the molecule is Cc1ccc(OCC(=O)NCCC(C)C)c(C(C)N)c1. The molecular weight excluding hydrogens is 252 g/mol. The minimum absolute atomic E-state index is 0.0286. The zero-order valence-corrected chi connectivity index (χ0v) is 12.9. The first-order valence-corrected chi connectivity index (χ1v) is 7.15. The van der Waals surface area contributed by atoms with Crippen LogP contribution in [0, 0.1) is 12.8 Å². The third-order valence-electron chi connectivity index (χ3n) is 3.06. The number of rotatable bonds is 7. The largest absolute Gasteiger partial charge is 0.483 e. The first-order valence-electron chi connectivity index (χ1n) is 7.15. The summed E-state index contributed by atoms with van der Waals surface area (Å²) >= 11 is 0. The van der Waals surface area contributed by atoms with Crippen molar-refractivity contribution in [3.05, 3.63) is 29.3 Å². The van der Waals surface area contributed by atoms with Crippen LogP contribution in [0.5, 0.6) is 5.75 Å². The van der Waals surface area contributed by atoms with E-state index >= 15 is 0 Å². The molecule has 0 fully saturated rings. The zero-order valence-electron chi connectivity index (χ0n) is 12.9. The van der Waals surface area contributed by atoms with Crippen LogP contribution in [0.4, 0.5) is 0 Å². The van der Waals surface area contributed by atoms with Crippen LogP contribution in [-0.2, 0) is 4.79 Å². The fourth-order valence-electron chi connectivity index (χ4n) is 1.85. The van der Waals surface area contributed by atoms with E-state index in [4.69, 9.17) is 10.5 Å². The third kappa shape index (κ3) is 5.61. The summed E-state index contributed by atoms with van der Waals surface area (Å²) in [6.45, 7) is 8.89. The van der Waals surface area contributed by atoms with Crippen molar-refractivity contribution in [3.8, 4) is 5.75 Å². The van der Waals surface area contributed by atoms with E-state index in [9.17, 15) is 4.79 Å². The molecule has 0 heterocycles. The van der Waals surface area contributed by atoms with Gasteiger partial charge in [-0.1, -0.05) is 31.5 Å². The average Bonchev–Trinajstić information content (AvgIpc) is 2.36. The number of ether oxygens (including phenoxy) is 1. The number of aryl methyl sites for hydroxylation is 1. The number of carbonyl (C=O) groups excluding carboxylic acids is 1. The number of hydrogen-bond donors (Lipinski definition) is 2. The highest BCUT2D eigenvalue weighted by Crippen LogP contribution is 2.24. The molecule has 0 spiro atoms. The summed E-state index contributed by atoms with van der Waals surface area (Å²) in [5.74, 6) is 1.17. The standard InChI is InChI=1S/C16H26N2O2/c1-11(2)7-8-18-16(19)10-20-15-6-5-12(3)9-14(15)13(4)17/h5-6,9,11,13H,7-8,10,17H2,1-4H3,(H,18,19). The number of nitrogens with two attached hydrogens (primary N) is 1. The Morgan fingerprint density at radius 2 is 2.05 bits per heavy atom. The molecule has 4 nitrogen and oxygen atoms in total. The number of carbonyl (C=O) groups is 1. The summed E-state index contributed by atoms with van der Waals surface area (Å²) in [7, 11) is 0. The topological polar surface area (TPSA) is 64.3 Å². The van der Waals surface area contributed by atoms with E-state index in [0.717, 1.165) is 17.5 Å². The number of benzene rings is 1. The van der Waals surface area contributed by atoms with Crippen molar-refractivity contribution in [2.75, 3.05) is 13.2 Å². The van der Waals surface area contributed by atoms with Gasteiger partial charge in [-0.3, -0.25) is 4.79 Å². The molecule has 0 aliphatic heterocycles. The lowest BCUT2D eigenvalue weighted by molar-refractivity contribution is -0.123. The molecule has 1 rings (SSSR count). The van der Waals surface area contributed by atoms with Crippen molar-refractivity contribution in [2.45, 2.75) is 40.2 Å². The molecule has 20 heavy (non-hydrogen) atoms. The smallest absolute Gasteiger partial charge is 0.257 e. The molecule has 0 saturated carbocycles. The predicted molar refractivity (Wildman–Crippen MR) is 81.7 cm³/mol. The normalized spacial score (nSPS) is 12.3. The van der Waals surface area contributed by atoms with E-state index in [0.29, 0.717) is 18.2 Å². The van der Waals surface area contributed by atoms with Crippen molar-refractivity contribution >= 4 is 5.91 Å². The molecule has 1 aromatic rings. The number of nitrogens with one attached hydrogen (secondary N) is 1. The first kappa shape index (κ1) is 16.5. The highest BCUT2D eigenvalue weighted by molar-refractivity contribution is 5.77. The van der Waals surface area contributed by atoms with Crippen LogP contribution in [0.1, 0.15) is 44.4 Å². The second-order valence-electron chi connectivity index (χ2n) is 5.65. The fourth-order valence-corrected chi connectivity index (χ4v) is 1.85. The minimum atomic E-state index is -0.117. The molecular formula is C16H26N2O2. The molecule has 0 aliphatic carbocycles. The Bertz CT molecular complexity index is 442. The molecule has 0 saturated heterocycles. The van der Waals surface area contributed by atoms with Gasteiger partial charge >= 0.3 is 0 Å². The monoisotopic (exact) mass is 278 g/mol. The van der Waals surface area contributed by atoms with E-state index in [1.807, 2.05) is 32.0 Å². The Morgan fingerprint density at radius 1 is 1.35 bits per heavy atom. The number of amides is 1. The maximum absolute atomic E-state index is 11.7. The van der Waals surface area contributed by atoms with Crippen LogP contribution in [0.2, 0.25) is 0 Å². The van der Waals surface area contributed by atoms with Crippen molar-refractivity contribution in [2.24, 2.45) is 11.7 Å². The Hall–Kier alpha value is -1.55. The van der Waals surface area contributed by atoms with Crippen molar-refractivity contribution in [1.29, 1.82) is 0 Å². The molecule has 1 atom stereocenters. The second kappa shape index (κ2) is 7.90. The molecule has 1 unspecified atom stereocenters. The lowest BCUT2D eigenvalue weighted by Gasteiger charge is -2.15. The molecule has 0 bridgehead atoms. The highest BCUT2D eigenvalue weighted by Gasteiger charge is 2.10. The quantitative estimate of drug-likeness (QED) is 0.805. The Kier molecular flexibility index (Phi) is 6.52. The molecule has 3 N–H and O–H groups in total. The first-order chi connectivity index (χ1) is 9.40. The van der Waals surface area contributed by atoms with Gasteiger partial charge in [0.15, 0.2) is 6.61 Å². The maximum atomic E-state index is 11.7. The molecule has 1 amide bonds. The summed E-state index contributed by atoms with van der Waals surface area (Å²) in [6, 6.07) is 5.71. The molecule has 0 aliphatic rings. The number of hydrogen-bond acceptors (Lipinski definition) is 3. The van der Waals surface area contributed by atoms with Crippen LogP contribution in [-0.4, -0.2) is 19.1 Å². The summed E-state index contributed by atoms with van der Waals surface area (Å²) in [4.78, 5) is 11.7. The van der Waals surface area contributed by atoms with Gasteiger partial charge in [-0.2, -0.15) is 0 Å². The van der Waals surface area contributed by atoms with Gasteiger partial charge in [0.2, 0.25) is 0 Å². The summed E-state index contributed by atoms with van der Waals surface area (Å²) in [5.41, 5.74) is 7.98. The van der Waals surface area contributed by atoms with Gasteiger partial charge < -0.3 is 15.8 Å². The fraction of sp³-hybridized carbons (Fsp3) is 0.562. The zero-order chi connectivity index (χ0) is 15.1. The van der Waals surface area contributed by atoms with E-state index in [-0.39, 0.29) is 18.6 Å². The molecule has 1 aromatic carbocycles. The van der Waals surface area contributed by atoms with Gasteiger partial charge in [-0.15, -0.1) is 0 Å². The van der Waals surface area contributed by atoms with Crippen molar-refractivity contribution in [3.63, 3.8) is 0 Å². The summed E-state index contributed by atoms with van der Waals surface area (Å²) in [6.07, 6.45) is 0.974. The minimum Gasteiger partial charge on any atom is -0.483 e. The van der Waals surface area contributed by atoms with E-state index in [1.165, 1.54) is 0 Å². The van der Waals surface area contributed by atoms with Gasteiger partial charge in [-0.05, 0) is 32.3 Å². The van der Waals surface area contributed by atoms with Crippen LogP contribution in [0.15, 0.2) is 18.2 Å². The molecule has 4 heteroatoms. The van der Waals surface area contributed by atoms with Crippen molar-refractivity contribution in [1.82, 2.24) is 5.32 Å². The Balaban J connectivity index is 2.51. The lowest BCUT2D eigenvalue weighted by atomic mass is 10.1. The molecule has 0 aromatic heterocycles. The summed E-state index contributed by atoms with van der Waals surface area (Å²) < 4.78 is 5.58. The van der Waals surface area contributed by atoms with Gasteiger partial charge in [0.05, 0.1) is 0 Å². The molecule has 112 valence electrons. The van der Waals surface area contributed by atoms with Gasteiger partial charge in [0, 0.05) is 18.2 Å². The van der Waals surface area contributed by atoms with Crippen LogP contribution in [0.25, 0.3) is 0 Å². The molecule has 0 radical (unpaired) electrons. The van der Waals surface area contributed by atoms with Gasteiger partial charge in [0.1, 0.15) is 5.75 Å². The Morgan fingerprint density at radius 3 is 2.65 bits per heavy atom. The summed E-state index contributed by atoms with van der Waals surface area (Å²) in [5, 5.41) is 2.85. The second-order valence-corrected chi connectivity index (χ2v) is 5.65. The van der Waals surface area contributed by atoms with E-state index < -0.39 is 0 Å². The average molecular weight is 278 g/mol. The maximum Gasteiger partial charge on any atom is 0.257 e. The van der Waals surface area contributed by atoms with Crippen molar-refractivity contribution < 1.29 is 9.53 Å². The van der Waals surface area contributed by atoms with Crippen LogP contribution >= 0.6 is 0 Å². The van der Waals surface area contributed by atoms with E-state index in [1.54, 1.807) is 0 Å². The van der Waals surface area contributed by atoms with Crippen LogP contribution in [0.3, 0.4) is 0 Å². The predicted octanol–water partition coefficient (Wildman–Crippen LogP) is 2.56. The van der Waals surface area contributed by atoms with Crippen LogP contribution < -0.4 is 15.8 Å². The van der Waals surface area contributed by atoms with Gasteiger partial charge in [-0.25, -0.2) is 0 Å². The van der Waals surface area contributed by atoms with E-state index in [2.05, 4.69) is 19.2 Å². The Labute approximate surface area is 121 Å². The van der Waals surface area contributed by atoms with Gasteiger partial charge in [0.25, 0.3) is 5.91 Å². The lowest BCUT2D eigenvalue weighted by Crippen LogP contribution is -2.30.